The molecule has 0 aromatic rings. The Kier molecular flexibility index (Phi) is 5.73. The summed E-state index contributed by atoms with van der Waals surface area (Å²) in [6.45, 7) is 5.93. The van der Waals surface area contributed by atoms with Crippen molar-refractivity contribution in [3.8, 4) is 0 Å². The van der Waals surface area contributed by atoms with Crippen molar-refractivity contribution in [3.05, 3.63) is 0 Å². The lowest BCUT2D eigenvalue weighted by molar-refractivity contribution is -0.00841. The largest absolute Gasteiger partial charge is 0.389 e. The molecule has 0 aromatic carbocycles. The van der Waals surface area contributed by atoms with Crippen LogP contribution >= 0.6 is 0 Å². The molecule has 3 heteroatoms. The standard InChI is InChI=1S/C13H27NO2/c1-11-4-7-13(15,8-5-11)10-14-12(2)6-9-16-3/h11-12,14-15H,4-10H2,1-3H3. The number of aliphatic hydroxyl groups is 1. The Labute approximate surface area is 99.6 Å². The van der Waals surface area contributed by atoms with Gasteiger partial charge in [-0.3, -0.25) is 0 Å². The van der Waals surface area contributed by atoms with Crippen LogP contribution in [0.5, 0.6) is 0 Å². The van der Waals surface area contributed by atoms with Gasteiger partial charge in [0.2, 0.25) is 0 Å². The Morgan fingerprint density at radius 2 is 2.06 bits per heavy atom. The quantitative estimate of drug-likeness (QED) is 0.731. The Morgan fingerprint density at radius 1 is 1.44 bits per heavy atom. The predicted octanol–water partition coefficient (Wildman–Crippen LogP) is 1.94. The van der Waals surface area contributed by atoms with Crippen molar-refractivity contribution in [2.75, 3.05) is 20.3 Å². The van der Waals surface area contributed by atoms with Crippen LogP contribution in [0.25, 0.3) is 0 Å². The smallest absolute Gasteiger partial charge is 0.0771 e. The van der Waals surface area contributed by atoms with Gasteiger partial charge in [0.05, 0.1) is 5.60 Å². The minimum atomic E-state index is -0.464. The maximum Gasteiger partial charge on any atom is 0.0771 e. The highest BCUT2D eigenvalue weighted by Gasteiger charge is 2.31. The molecule has 3 nitrogen and oxygen atoms in total. The van der Waals surface area contributed by atoms with Crippen LogP contribution in [0.4, 0.5) is 0 Å². The average Bonchev–Trinajstić information content (AvgIpc) is 2.28. The molecule has 0 amide bonds. The number of hydrogen-bond acceptors (Lipinski definition) is 3. The van der Waals surface area contributed by atoms with Crippen LogP contribution in [0.3, 0.4) is 0 Å². The zero-order valence-electron chi connectivity index (χ0n) is 11.0. The topological polar surface area (TPSA) is 41.5 Å². The molecule has 96 valence electrons. The molecular formula is C13H27NO2. The maximum absolute atomic E-state index is 10.4. The van der Waals surface area contributed by atoms with Crippen LogP contribution in [0.15, 0.2) is 0 Å². The minimum absolute atomic E-state index is 0.420. The molecule has 1 unspecified atom stereocenters. The van der Waals surface area contributed by atoms with Crippen LogP contribution in [-0.4, -0.2) is 37.0 Å². The van der Waals surface area contributed by atoms with E-state index in [1.807, 2.05) is 0 Å². The summed E-state index contributed by atoms with van der Waals surface area (Å²) in [7, 11) is 1.72. The van der Waals surface area contributed by atoms with Gasteiger partial charge in [0.1, 0.15) is 0 Å². The highest BCUT2D eigenvalue weighted by Crippen LogP contribution is 2.31. The zero-order chi connectivity index (χ0) is 12.0. The van der Waals surface area contributed by atoms with E-state index in [4.69, 9.17) is 4.74 Å². The maximum atomic E-state index is 10.4. The van der Waals surface area contributed by atoms with Crippen LogP contribution in [0, 0.1) is 5.92 Å². The normalized spacial score (nSPS) is 32.6. The summed E-state index contributed by atoms with van der Waals surface area (Å²) in [4.78, 5) is 0. The van der Waals surface area contributed by atoms with E-state index in [1.54, 1.807) is 7.11 Å². The zero-order valence-corrected chi connectivity index (χ0v) is 11.0. The molecule has 0 aliphatic heterocycles. The second-order valence-electron chi connectivity index (χ2n) is 5.47. The summed E-state index contributed by atoms with van der Waals surface area (Å²) < 4.78 is 5.04. The lowest BCUT2D eigenvalue weighted by Gasteiger charge is -2.36. The number of rotatable bonds is 6. The van der Waals surface area contributed by atoms with Gasteiger partial charge in [-0.1, -0.05) is 6.92 Å². The van der Waals surface area contributed by atoms with Gasteiger partial charge in [0.25, 0.3) is 0 Å². The Bertz CT molecular complexity index is 188. The first-order valence-electron chi connectivity index (χ1n) is 6.50. The van der Waals surface area contributed by atoms with E-state index < -0.39 is 5.60 Å². The number of methoxy groups -OCH3 is 1. The third-order valence-electron chi connectivity index (χ3n) is 3.74. The monoisotopic (exact) mass is 229 g/mol. The van der Waals surface area contributed by atoms with E-state index >= 15 is 0 Å². The van der Waals surface area contributed by atoms with Crippen LogP contribution in [0.1, 0.15) is 46.0 Å². The SMILES string of the molecule is COCCC(C)NCC1(O)CCC(C)CC1. The molecule has 0 aromatic heterocycles. The lowest BCUT2D eigenvalue weighted by Crippen LogP contribution is -2.46. The van der Waals surface area contributed by atoms with E-state index in [9.17, 15) is 5.11 Å². The lowest BCUT2D eigenvalue weighted by atomic mass is 9.79. The molecule has 2 N–H and O–H groups in total. The van der Waals surface area contributed by atoms with Gasteiger partial charge in [-0.15, -0.1) is 0 Å². The summed E-state index contributed by atoms with van der Waals surface area (Å²) in [6.07, 6.45) is 5.20. The van der Waals surface area contributed by atoms with Crippen LogP contribution < -0.4 is 5.32 Å². The molecule has 1 fully saturated rings. The summed E-state index contributed by atoms with van der Waals surface area (Å²) in [5.41, 5.74) is -0.464. The molecule has 0 spiro atoms. The second kappa shape index (κ2) is 6.58. The fourth-order valence-electron chi connectivity index (χ4n) is 2.24. The van der Waals surface area contributed by atoms with Crippen molar-refractivity contribution in [2.45, 2.75) is 57.6 Å². The molecular weight excluding hydrogens is 202 g/mol. The highest BCUT2D eigenvalue weighted by molar-refractivity contribution is 4.87. The van der Waals surface area contributed by atoms with E-state index in [1.165, 1.54) is 0 Å². The summed E-state index contributed by atoms with van der Waals surface area (Å²) >= 11 is 0. The number of ether oxygens (including phenoxy) is 1. The Hall–Kier alpha value is -0.120. The van der Waals surface area contributed by atoms with Gasteiger partial charge in [-0.25, -0.2) is 0 Å². The van der Waals surface area contributed by atoms with Crippen molar-refractivity contribution >= 4 is 0 Å². The molecule has 0 radical (unpaired) electrons. The highest BCUT2D eigenvalue weighted by atomic mass is 16.5. The summed E-state index contributed by atoms with van der Waals surface area (Å²) in [5.74, 6) is 0.784. The average molecular weight is 229 g/mol. The van der Waals surface area contributed by atoms with Crippen molar-refractivity contribution in [1.82, 2.24) is 5.32 Å². The van der Waals surface area contributed by atoms with Crippen molar-refractivity contribution in [2.24, 2.45) is 5.92 Å². The Morgan fingerprint density at radius 3 is 2.62 bits per heavy atom. The first-order valence-corrected chi connectivity index (χ1v) is 6.50. The molecule has 1 rings (SSSR count). The third kappa shape index (κ3) is 4.81. The summed E-state index contributed by atoms with van der Waals surface area (Å²) in [6, 6.07) is 0.420. The van der Waals surface area contributed by atoms with Crippen molar-refractivity contribution in [3.63, 3.8) is 0 Å². The molecule has 16 heavy (non-hydrogen) atoms. The van der Waals surface area contributed by atoms with Gasteiger partial charge in [0.15, 0.2) is 0 Å². The molecule has 1 aliphatic carbocycles. The molecule has 1 saturated carbocycles. The van der Waals surface area contributed by atoms with E-state index in [2.05, 4.69) is 19.2 Å². The second-order valence-corrected chi connectivity index (χ2v) is 5.47. The minimum Gasteiger partial charge on any atom is -0.389 e. The molecule has 1 aliphatic rings. The first kappa shape index (κ1) is 13.9. The van der Waals surface area contributed by atoms with Crippen molar-refractivity contribution < 1.29 is 9.84 Å². The Balaban J connectivity index is 2.20. The third-order valence-corrected chi connectivity index (χ3v) is 3.74. The summed E-state index contributed by atoms with van der Waals surface area (Å²) in [5, 5.41) is 13.8. The molecule has 0 saturated heterocycles. The van der Waals surface area contributed by atoms with Crippen molar-refractivity contribution in [1.29, 1.82) is 0 Å². The van der Waals surface area contributed by atoms with E-state index in [-0.39, 0.29) is 0 Å². The van der Waals surface area contributed by atoms with Gasteiger partial charge in [0, 0.05) is 26.3 Å². The van der Waals surface area contributed by atoms with Gasteiger partial charge in [-0.2, -0.15) is 0 Å². The first-order chi connectivity index (χ1) is 7.56. The molecule has 0 bridgehead atoms. The fraction of sp³-hybridized carbons (Fsp3) is 1.00. The van der Waals surface area contributed by atoms with Gasteiger partial charge >= 0.3 is 0 Å². The fourth-order valence-corrected chi connectivity index (χ4v) is 2.24. The van der Waals surface area contributed by atoms with Gasteiger partial charge in [-0.05, 0) is 44.9 Å². The number of hydrogen-bond donors (Lipinski definition) is 2. The predicted molar refractivity (Wildman–Crippen MR) is 66.5 cm³/mol. The molecule has 1 atom stereocenters. The molecule has 0 heterocycles. The number of nitrogens with one attached hydrogen (secondary N) is 1. The van der Waals surface area contributed by atoms with Crippen LogP contribution in [0.2, 0.25) is 0 Å². The van der Waals surface area contributed by atoms with E-state index in [0.29, 0.717) is 6.04 Å². The van der Waals surface area contributed by atoms with E-state index in [0.717, 1.165) is 51.2 Å². The van der Waals surface area contributed by atoms with Gasteiger partial charge < -0.3 is 15.2 Å². The van der Waals surface area contributed by atoms with Crippen LogP contribution in [-0.2, 0) is 4.74 Å².